The van der Waals surface area contributed by atoms with Crippen molar-refractivity contribution in [1.82, 2.24) is 5.32 Å². The Morgan fingerprint density at radius 2 is 1.71 bits per heavy atom. The van der Waals surface area contributed by atoms with Crippen LogP contribution in [0.5, 0.6) is 11.5 Å². The number of carbonyl (C=O) groups excluding carboxylic acids is 2. The molecule has 7 heteroatoms. The Hall–Kier alpha value is -3.06. The van der Waals surface area contributed by atoms with Gasteiger partial charge in [0.2, 0.25) is 0 Å². The van der Waals surface area contributed by atoms with E-state index in [0.29, 0.717) is 42.1 Å². The van der Waals surface area contributed by atoms with E-state index in [1.54, 1.807) is 14.2 Å². The van der Waals surface area contributed by atoms with Crippen LogP contribution < -0.4 is 14.8 Å². The molecule has 184 valence electrons. The number of rotatable bonds is 7. The number of nitrogens with one attached hydrogen (secondary N) is 1. The maximum Gasteiger partial charge on any atom is 0.336 e. The van der Waals surface area contributed by atoms with Crippen LogP contribution in [0.3, 0.4) is 0 Å². The molecule has 0 unspecified atom stereocenters. The van der Waals surface area contributed by atoms with Gasteiger partial charge in [-0.1, -0.05) is 41.1 Å². The summed E-state index contributed by atoms with van der Waals surface area (Å²) in [5.41, 5.74) is 4.63. The maximum absolute atomic E-state index is 13.7. The largest absolute Gasteiger partial charge is 0.493 e. The normalized spacial score (nSPS) is 19.7. The summed E-state index contributed by atoms with van der Waals surface area (Å²) in [6, 6.07) is 13.6. The number of benzene rings is 2. The summed E-state index contributed by atoms with van der Waals surface area (Å²) in [4.78, 5) is 26.8. The Kier molecular flexibility index (Phi) is 7.65. The van der Waals surface area contributed by atoms with E-state index >= 15 is 0 Å². The number of methoxy groups -OCH3 is 2. The molecule has 6 nitrogen and oxygen atoms in total. The van der Waals surface area contributed by atoms with Crippen molar-refractivity contribution in [1.29, 1.82) is 0 Å². The number of allylic oxidation sites excluding steroid dienone is 3. The maximum atomic E-state index is 13.7. The molecule has 0 saturated carbocycles. The highest BCUT2D eigenvalue weighted by Gasteiger charge is 2.41. The van der Waals surface area contributed by atoms with E-state index in [2.05, 4.69) is 21.2 Å². The van der Waals surface area contributed by atoms with E-state index in [9.17, 15) is 9.59 Å². The fourth-order valence-electron chi connectivity index (χ4n) is 4.91. The molecule has 0 amide bonds. The Morgan fingerprint density at radius 1 is 1.03 bits per heavy atom. The zero-order chi connectivity index (χ0) is 25.1. The van der Waals surface area contributed by atoms with Gasteiger partial charge in [0, 0.05) is 33.8 Å². The molecule has 0 spiro atoms. The van der Waals surface area contributed by atoms with Gasteiger partial charge in [-0.05, 0) is 61.1 Å². The number of hydrogen-bond donors (Lipinski definition) is 1. The fraction of sp³-hybridized carbons (Fsp3) is 0.357. The first-order valence-corrected chi connectivity index (χ1v) is 12.6. The molecule has 2 atom stereocenters. The predicted octanol–water partition coefficient (Wildman–Crippen LogP) is 5.78. The van der Waals surface area contributed by atoms with E-state index < -0.39 is 5.92 Å². The summed E-state index contributed by atoms with van der Waals surface area (Å²) >= 11 is 3.48. The molecule has 1 heterocycles. The van der Waals surface area contributed by atoms with E-state index in [4.69, 9.17) is 14.2 Å². The first-order chi connectivity index (χ1) is 16.9. The molecule has 0 aromatic heterocycles. The van der Waals surface area contributed by atoms with Crippen LogP contribution in [-0.2, 0) is 14.3 Å². The first kappa shape index (κ1) is 25.0. The minimum atomic E-state index is -0.470. The van der Waals surface area contributed by atoms with Crippen molar-refractivity contribution in [3.05, 3.63) is 80.6 Å². The van der Waals surface area contributed by atoms with Gasteiger partial charge in [-0.3, -0.25) is 4.79 Å². The summed E-state index contributed by atoms with van der Waals surface area (Å²) in [6.07, 6.45) is 1.73. The van der Waals surface area contributed by atoms with Crippen molar-refractivity contribution < 1.29 is 23.8 Å². The number of halogens is 1. The lowest BCUT2D eigenvalue weighted by molar-refractivity contribution is -0.139. The van der Waals surface area contributed by atoms with Crippen LogP contribution in [0.25, 0.3) is 0 Å². The van der Waals surface area contributed by atoms with E-state index in [1.807, 2.05) is 56.3 Å². The van der Waals surface area contributed by atoms with Gasteiger partial charge in [0.25, 0.3) is 0 Å². The molecule has 0 bridgehead atoms. The van der Waals surface area contributed by atoms with Crippen LogP contribution in [0.4, 0.5) is 0 Å². The second-order valence-electron chi connectivity index (χ2n) is 8.82. The van der Waals surface area contributed by atoms with Gasteiger partial charge in [-0.15, -0.1) is 0 Å². The zero-order valence-corrected chi connectivity index (χ0v) is 22.0. The molecule has 0 fully saturated rings. The van der Waals surface area contributed by atoms with E-state index in [1.165, 1.54) is 0 Å². The molecule has 35 heavy (non-hydrogen) atoms. The van der Waals surface area contributed by atoms with Crippen LogP contribution in [0.2, 0.25) is 0 Å². The number of ketones is 1. The smallest absolute Gasteiger partial charge is 0.336 e. The van der Waals surface area contributed by atoms with Crippen molar-refractivity contribution in [3.63, 3.8) is 0 Å². The summed E-state index contributed by atoms with van der Waals surface area (Å²) in [7, 11) is 3.21. The Morgan fingerprint density at radius 3 is 2.37 bits per heavy atom. The minimum absolute atomic E-state index is 0.0134. The number of hydrogen-bond acceptors (Lipinski definition) is 6. The third kappa shape index (κ3) is 5.01. The predicted molar refractivity (Wildman–Crippen MR) is 138 cm³/mol. The molecular weight excluding hydrogens is 510 g/mol. The number of carbonyl (C=O) groups is 2. The first-order valence-electron chi connectivity index (χ1n) is 11.8. The standard InChI is InChI=1S/C28H30BrNO5/c1-5-12-35-28(32)25-16(2)30-21-13-19(18-8-11-23(33-3)24(15-18)34-4)14-22(31)27(21)26(25)17-6-9-20(29)10-7-17/h6-11,15,19,26,30H,5,12-14H2,1-4H3/t19-,26-/m0/s1. The minimum Gasteiger partial charge on any atom is -0.493 e. The van der Waals surface area contributed by atoms with Crippen LogP contribution >= 0.6 is 15.9 Å². The molecule has 1 aliphatic heterocycles. The SMILES string of the molecule is CCCOC(=O)C1=C(C)NC2=C(C(=O)C[C@@H](c3ccc(OC)c(OC)c3)C2)[C@H]1c1ccc(Br)cc1. The topological polar surface area (TPSA) is 73.9 Å². The number of dihydropyridines is 1. The summed E-state index contributed by atoms with van der Waals surface area (Å²) in [5, 5.41) is 3.39. The lowest BCUT2D eigenvalue weighted by Crippen LogP contribution is -2.36. The van der Waals surface area contributed by atoms with Crippen LogP contribution in [0.1, 0.15) is 56.1 Å². The molecule has 2 aromatic carbocycles. The monoisotopic (exact) mass is 539 g/mol. The van der Waals surface area contributed by atoms with Crippen molar-refractivity contribution in [2.45, 2.75) is 44.9 Å². The molecular formula is C28H30BrNO5. The molecule has 0 saturated heterocycles. The quantitative estimate of drug-likeness (QED) is 0.449. The van der Waals surface area contributed by atoms with Crippen molar-refractivity contribution >= 4 is 27.7 Å². The van der Waals surface area contributed by atoms with Crippen molar-refractivity contribution in [3.8, 4) is 11.5 Å². The molecule has 1 aliphatic carbocycles. The van der Waals surface area contributed by atoms with Crippen LogP contribution in [0.15, 0.2) is 69.5 Å². The summed E-state index contributed by atoms with van der Waals surface area (Å²) in [6.45, 7) is 4.17. The van der Waals surface area contributed by atoms with Gasteiger partial charge in [0.05, 0.1) is 26.4 Å². The molecule has 0 radical (unpaired) electrons. The second-order valence-corrected chi connectivity index (χ2v) is 9.73. The third-order valence-electron chi connectivity index (χ3n) is 6.57. The van der Waals surface area contributed by atoms with Gasteiger partial charge in [0.15, 0.2) is 17.3 Å². The van der Waals surface area contributed by atoms with Crippen LogP contribution in [-0.4, -0.2) is 32.6 Å². The van der Waals surface area contributed by atoms with E-state index in [0.717, 1.165) is 33.4 Å². The summed E-state index contributed by atoms with van der Waals surface area (Å²) in [5.74, 6) is 0.450. The molecule has 1 N–H and O–H groups in total. The Labute approximate surface area is 214 Å². The van der Waals surface area contributed by atoms with Gasteiger partial charge < -0.3 is 19.5 Å². The fourth-order valence-corrected chi connectivity index (χ4v) is 5.18. The average Bonchev–Trinajstić information content (AvgIpc) is 2.86. The van der Waals surface area contributed by atoms with E-state index in [-0.39, 0.29) is 17.7 Å². The van der Waals surface area contributed by atoms with Gasteiger partial charge >= 0.3 is 5.97 Å². The number of ether oxygens (including phenoxy) is 3. The second kappa shape index (κ2) is 10.7. The average molecular weight is 540 g/mol. The highest BCUT2D eigenvalue weighted by atomic mass is 79.9. The molecule has 2 aromatic rings. The summed E-state index contributed by atoms with van der Waals surface area (Å²) < 4.78 is 17.3. The van der Waals surface area contributed by atoms with Gasteiger partial charge in [0.1, 0.15) is 0 Å². The van der Waals surface area contributed by atoms with Gasteiger partial charge in [-0.25, -0.2) is 4.79 Å². The highest BCUT2D eigenvalue weighted by Crippen LogP contribution is 2.46. The van der Waals surface area contributed by atoms with Crippen LogP contribution in [0, 0.1) is 0 Å². The highest BCUT2D eigenvalue weighted by molar-refractivity contribution is 9.10. The third-order valence-corrected chi connectivity index (χ3v) is 7.10. The number of Topliss-reactive ketones (excluding diaryl/α,β-unsaturated/α-hetero) is 1. The molecule has 4 rings (SSSR count). The number of esters is 1. The molecule has 2 aliphatic rings. The lowest BCUT2D eigenvalue weighted by atomic mass is 9.71. The van der Waals surface area contributed by atoms with Crippen molar-refractivity contribution in [2.24, 2.45) is 0 Å². The van der Waals surface area contributed by atoms with Gasteiger partial charge in [-0.2, -0.15) is 0 Å². The Bertz CT molecular complexity index is 1200. The Balaban J connectivity index is 1.75. The zero-order valence-electron chi connectivity index (χ0n) is 20.4. The lowest BCUT2D eigenvalue weighted by Gasteiger charge is -2.36. The van der Waals surface area contributed by atoms with Crippen molar-refractivity contribution in [2.75, 3.05) is 20.8 Å².